The molecule has 17 heavy (non-hydrogen) atoms. The van der Waals surface area contributed by atoms with Crippen LogP contribution >= 0.6 is 0 Å². The van der Waals surface area contributed by atoms with Gasteiger partial charge in [-0.15, -0.1) is 0 Å². The lowest BCUT2D eigenvalue weighted by atomic mass is 10.1. The molecule has 4 heteroatoms. The first kappa shape index (κ1) is 14.2. The van der Waals surface area contributed by atoms with Gasteiger partial charge in [0.05, 0.1) is 6.04 Å². The highest BCUT2D eigenvalue weighted by Crippen LogP contribution is 2.15. The van der Waals surface area contributed by atoms with Gasteiger partial charge in [0.2, 0.25) is 0 Å². The number of rotatable bonds is 8. The number of imidazole rings is 1. The van der Waals surface area contributed by atoms with Crippen molar-refractivity contribution in [2.45, 2.75) is 39.3 Å². The van der Waals surface area contributed by atoms with Crippen LogP contribution in [0.1, 0.15) is 38.6 Å². The molecule has 0 aliphatic heterocycles. The van der Waals surface area contributed by atoms with Gasteiger partial charge in [-0.2, -0.15) is 0 Å². The number of aryl methyl sites for hydroxylation is 1. The number of nitrogens with zero attached hydrogens (tertiary/aromatic N) is 3. The predicted octanol–water partition coefficient (Wildman–Crippen LogP) is 1.90. The summed E-state index contributed by atoms with van der Waals surface area (Å²) in [6.45, 7) is 7.48. The topological polar surface area (TPSA) is 33.1 Å². The van der Waals surface area contributed by atoms with E-state index in [0.717, 1.165) is 32.5 Å². The zero-order valence-electron chi connectivity index (χ0n) is 11.6. The Kier molecular flexibility index (Phi) is 6.22. The maximum Gasteiger partial charge on any atom is 0.125 e. The molecule has 98 valence electrons. The highest BCUT2D eigenvalue weighted by molar-refractivity contribution is 4.99. The van der Waals surface area contributed by atoms with Crippen LogP contribution in [0, 0.1) is 0 Å². The lowest BCUT2D eigenvalue weighted by Gasteiger charge is -2.21. The van der Waals surface area contributed by atoms with Gasteiger partial charge < -0.3 is 14.8 Å². The molecule has 1 atom stereocenters. The van der Waals surface area contributed by atoms with Gasteiger partial charge >= 0.3 is 0 Å². The predicted molar refractivity (Wildman–Crippen MR) is 72.1 cm³/mol. The van der Waals surface area contributed by atoms with Crippen LogP contribution in [0.25, 0.3) is 0 Å². The second-order valence-electron chi connectivity index (χ2n) is 4.67. The lowest BCUT2D eigenvalue weighted by molar-refractivity contribution is 0.350. The molecule has 0 spiro atoms. The van der Waals surface area contributed by atoms with E-state index in [4.69, 9.17) is 0 Å². The van der Waals surface area contributed by atoms with E-state index in [-0.39, 0.29) is 0 Å². The smallest absolute Gasteiger partial charge is 0.125 e. The normalized spacial score (nSPS) is 13.2. The molecular weight excluding hydrogens is 212 g/mol. The van der Waals surface area contributed by atoms with Crippen molar-refractivity contribution in [3.05, 3.63) is 18.2 Å². The fraction of sp³-hybridized carbons (Fsp3) is 0.769. The fourth-order valence-electron chi connectivity index (χ4n) is 1.93. The summed E-state index contributed by atoms with van der Waals surface area (Å²) in [4.78, 5) is 6.72. The molecule has 0 saturated heterocycles. The molecule has 0 radical (unpaired) electrons. The van der Waals surface area contributed by atoms with Crippen LogP contribution in [0.3, 0.4) is 0 Å². The van der Waals surface area contributed by atoms with Crippen molar-refractivity contribution >= 4 is 0 Å². The van der Waals surface area contributed by atoms with Crippen LogP contribution < -0.4 is 5.32 Å². The quantitative estimate of drug-likeness (QED) is 0.751. The van der Waals surface area contributed by atoms with Crippen molar-refractivity contribution in [2.24, 2.45) is 0 Å². The van der Waals surface area contributed by atoms with Crippen LogP contribution in [0.15, 0.2) is 12.4 Å². The third-order valence-corrected chi connectivity index (χ3v) is 2.91. The minimum Gasteiger partial charge on any atom is -0.334 e. The molecule has 1 aromatic heterocycles. The van der Waals surface area contributed by atoms with Gasteiger partial charge in [-0.1, -0.05) is 6.92 Å². The Labute approximate surface area is 105 Å². The average Bonchev–Trinajstić information content (AvgIpc) is 2.77. The summed E-state index contributed by atoms with van der Waals surface area (Å²) in [7, 11) is 4.23. The van der Waals surface area contributed by atoms with Gasteiger partial charge in [0, 0.05) is 18.9 Å². The first-order valence-corrected chi connectivity index (χ1v) is 6.58. The first-order valence-electron chi connectivity index (χ1n) is 6.58. The summed E-state index contributed by atoms with van der Waals surface area (Å²) in [5, 5.41) is 3.59. The molecule has 0 aliphatic rings. The number of hydrogen-bond acceptors (Lipinski definition) is 3. The monoisotopic (exact) mass is 238 g/mol. The zero-order valence-corrected chi connectivity index (χ0v) is 11.6. The standard InChI is InChI=1S/C13H26N4/c1-5-8-14-12(7-10-16(3)4)13-15-9-11-17(13)6-2/h9,11-12,14H,5-8,10H2,1-4H3. The van der Waals surface area contributed by atoms with Crippen LogP contribution in [-0.4, -0.2) is 41.6 Å². The molecule has 0 bridgehead atoms. The van der Waals surface area contributed by atoms with Gasteiger partial charge in [0.25, 0.3) is 0 Å². The van der Waals surface area contributed by atoms with E-state index in [1.807, 2.05) is 6.20 Å². The Morgan fingerprint density at radius 2 is 2.18 bits per heavy atom. The molecule has 0 fully saturated rings. The summed E-state index contributed by atoms with van der Waals surface area (Å²) >= 11 is 0. The Balaban J connectivity index is 2.67. The van der Waals surface area contributed by atoms with E-state index < -0.39 is 0 Å². The summed E-state index contributed by atoms with van der Waals surface area (Å²) in [5.41, 5.74) is 0. The van der Waals surface area contributed by atoms with Crippen LogP contribution in [-0.2, 0) is 6.54 Å². The van der Waals surface area contributed by atoms with Gasteiger partial charge in [0.1, 0.15) is 5.82 Å². The molecular formula is C13H26N4. The van der Waals surface area contributed by atoms with E-state index in [1.165, 1.54) is 5.82 Å². The minimum absolute atomic E-state index is 0.368. The molecule has 1 heterocycles. The van der Waals surface area contributed by atoms with Gasteiger partial charge in [-0.05, 0) is 47.0 Å². The average molecular weight is 238 g/mol. The minimum atomic E-state index is 0.368. The summed E-state index contributed by atoms with van der Waals surface area (Å²) in [6.07, 6.45) is 6.22. The van der Waals surface area contributed by atoms with Crippen molar-refractivity contribution in [1.29, 1.82) is 0 Å². The highest BCUT2D eigenvalue weighted by atomic mass is 15.1. The third kappa shape index (κ3) is 4.48. The van der Waals surface area contributed by atoms with E-state index in [9.17, 15) is 0 Å². The van der Waals surface area contributed by atoms with Crippen molar-refractivity contribution < 1.29 is 0 Å². The maximum atomic E-state index is 4.50. The molecule has 0 saturated carbocycles. The Bertz CT molecular complexity index is 306. The number of hydrogen-bond donors (Lipinski definition) is 1. The second kappa shape index (κ2) is 7.45. The third-order valence-electron chi connectivity index (χ3n) is 2.91. The van der Waals surface area contributed by atoms with E-state index in [0.29, 0.717) is 6.04 Å². The highest BCUT2D eigenvalue weighted by Gasteiger charge is 2.15. The van der Waals surface area contributed by atoms with E-state index in [1.54, 1.807) is 0 Å². The largest absolute Gasteiger partial charge is 0.334 e. The Morgan fingerprint density at radius 1 is 1.41 bits per heavy atom. The molecule has 4 nitrogen and oxygen atoms in total. The number of nitrogens with one attached hydrogen (secondary N) is 1. The summed E-state index contributed by atoms with van der Waals surface area (Å²) < 4.78 is 2.23. The summed E-state index contributed by atoms with van der Waals surface area (Å²) in [5.74, 6) is 1.17. The van der Waals surface area contributed by atoms with Gasteiger partial charge in [0.15, 0.2) is 0 Å². The van der Waals surface area contributed by atoms with Crippen molar-refractivity contribution in [2.75, 3.05) is 27.2 Å². The van der Waals surface area contributed by atoms with Crippen LogP contribution in [0.2, 0.25) is 0 Å². The first-order chi connectivity index (χ1) is 8.19. The SMILES string of the molecule is CCCNC(CCN(C)C)c1nccn1CC. The van der Waals surface area contributed by atoms with Crippen molar-refractivity contribution in [3.63, 3.8) is 0 Å². The molecule has 1 rings (SSSR count). The number of aromatic nitrogens is 2. The summed E-state index contributed by atoms with van der Waals surface area (Å²) in [6, 6.07) is 0.368. The zero-order chi connectivity index (χ0) is 12.7. The van der Waals surface area contributed by atoms with Crippen molar-refractivity contribution in [3.8, 4) is 0 Å². The van der Waals surface area contributed by atoms with Crippen molar-refractivity contribution in [1.82, 2.24) is 19.8 Å². The lowest BCUT2D eigenvalue weighted by Crippen LogP contribution is -2.28. The molecule has 1 unspecified atom stereocenters. The van der Waals surface area contributed by atoms with Gasteiger partial charge in [-0.25, -0.2) is 4.98 Å². The van der Waals surface area contributed by atoms with Crippen LogP contribution in [0.4, 0.5) is 0 Å². The molecule has 0 amide bonds. The Morgan fingerprint density at radius 3 is 2.76 bits per heavy atom. The molecule has 0 aromatic carbocycles. The molecule has 1 aromatic rings. The maximum absolute atomic E-state index is 4.50. The molecule has 1 N–H and O–H groups in total. The van der Waals surface area contributed by atoms with E-state index >= 15 is 0 Å². The second-order valence-corrected chi connectivity index (χ2v) is 4.67. The fourth-order valence-corrected chi connectivity index (χ4v) is 1.93. The van der Waals surface area contributed by atoms with E-state index in [2.05, 4.69) is 53.9 Å². The van der Waals surface area contributed by atoms with Crippen LogP contribution in [0.5, 0.6) is 0 Å². The molecule has 0 aliphatic carbocycles. The Hall–Kier alpha value is -0.870. The van der Waals surface area contributed by atoms with Gasteiger partial charge in [-0.3, -0.25) is 0 Å².